The van der Waals surface area contributed by atoms with Gasteiger partial charge in [-0.3, -0.25) is 19.7 Å². The number of fused-ring (bicyclic) bond motifs is 1. The molecule has 1 atom stereocenters. The second-order valence-electron chi connectivity index (χ2n) is 6.80. The van der Waals surface area contributed by atoms with Crippen molar-refractivity contribution >= 4 is 34.8 Å². The van der Waals surface area contributed by atoms with Crippen molar-refractivity contribution in [2.45, 2.75) is 6.04 Å². The largest absolute Gasteiger partial charge is 0.324 e. The van der Waals surface area contributed by atoms with Crippen LogP contribution in [0.3, 0.4) is 0 Å². The molecule has 0 aliphatic carbocycles. The molecule has 0 saturated heterocycles. The quantitative estimate of drug-likeness (QED) is 0.500. The van der Waals surface area contributed by atoms with Crippen LogP contribution in [0.25, 0.3) is 0 Å². The monoisotopic (exact) mass is 421 g/mol. The maximum atomic E-state index is 13.5. The molecule has 1 aliphatic heterocycles. The van der Waals surface area contributed by atoms with E-state index in [4.69, 9.17) is 11.6 Å². The Balaban J connectivity index is 1.92. The summed E-state index contributed by atoms with van der Waals surface area (Å²) in [4.78, 5) is 38.3. The first kappa shape index (κ1) is 19.6. The number of para-hydroxylation sites is 1. The van der Waals surface area contributed by atoms with Gasteiger partial charge < -0.3 is 10.2 Å². The minimum atomic E-state index is -0.661. The molecule has 4 rings (SSSR count). The lowest BCUT2D eigenvalue weighted by Crippen LogP contribution is -2.39. The molecule has 0 spiro atoms. The van der Waals surface area contributed by atoms with E-state index in [9.17, 15) is 19.7 Å². The Morgan fingerprint density at radius 2 is 1.77 bits per heavy atom. The summed E-state index contributed by atoms with van der Waals surface area (Å²) in [6.45, 7) is -0.267. The maximum absolute atomic E-state index is 13.5. The predicted octanol–water partition coefficient (Wildman–Crippen LogP) is 4.43. The van der Waals surface area contributed by atoms with Crippen molar-refractivity contribution in [1.29, 1.82) is 0 Å². The van der Waals surface area contributed by atoms with Crippen molar-refractivity contribution < 1.29 is 14.5 Å². The highest BCUT2D eigenvalue weighted by molar-refractivity contribution is 6.30. The standard InChI is InChI=1S/C22H16ClN3O4/c23-15-10-11-18-17(12-15)21(14-6-2-1-3-7-14)25(13-20(27)24-18)22(28)16-8-4-5-9-19(16)26(29)30/h1-12,21H,13H2,(H,24,27). The van der Waals surface area contributed by atoms with Crippen LogP contribution in [0.2, 0.25) is 5.02 Å². The average molecular weight is 422 g/mol. The van der Waals surface area contributed by atoms with E-state index in [0.717, 1.165) is 5.56 Å². The minimum Gasteiger partial charge on any atom is -0.324 e. The van der Waals surface area contributed by atoms with E-state index in [1.54, 1.807) is 24.3 Å². The number of hydrogen-bond donors (Lipinski definition) is 1. The number of anilines is 1. The number of rotatable bonds is 3. The molecule has 7 nitrogen and oxygen atoms in total. The van der Waals surface area contributed by atoms with Gasteiger partial charge in [0.05, 0.1) is 11.0 Å². The molecule has 0 fully saturated rings. The summed E-state index contributed by atoms with van der Waals surface area (Å²) in [6, 6.07) is 19.3. The van der Waals surface area contributed by atoms with Gasteiger partial charge in [0.15, 0.2) is 0 Å². The molecule has 3 aromatic carbocycles. The second kappa shape index (κ2) is 7.96. The number of benzene rings is 3. The normalized spacial score (nSPS) is 15.7. The SMILES string of the molecule is O=C1CN(C(=O)c2ccccc2[N+](=O)[O-])C(c2ccccc2)c2cc(Cl)ccc2N1. The lowest BCUT2D eigenvalue weighted by molar-refractivity contribution is -0.385. The molecule has 2 amide bonds. The molecule has 150 valence electrons. The molecule has 8 heteroatoms. The zero-order valence-corrected chi connectivity index (χ0v) is 16.4. The van der Waals surface area contributed by atoms with Crippen LogP contribution in [0.5, 0.6) is 0 Å². The molecule has 0 saturated carbocycles. The Kier molecular flexibility index (Phi) is 5.20. The summed E-state index contributed by atoms with van der Waals surface area (Å²) in [5.74, 6) is -1.01. The zero-order valence-electron chi connectivity index (χ0n) is 15.6. The summed E-state index contributed by atoms with van der Waals surface area (Å²) in [5.41, 5.74) is 1.53. The number of carbonyl (C=O) groups excluding carboxylic acids is 2. The molecule has 0 radical (unpaired) electrons. The molecule has 1 aliphatic rings. The highest BCUT2D eigenvalue weighted by atomic mass is 35.5. The van der Waals surface area contributed by atoms with Crippen molar-refractivity contribution in [2.24, 2.45) is 0 Å². The van der Waals surface area contributed by atoms with Crippen LogP contribution in [0.1, 0.15) is 27.5 Å². The first-order valence-electron chi connectivity index (χ1n) is 9.14. The van der Waals surface area contributed by atoms with Crippen molar-refractivity contribution in [1.82, 2.24) is 4.90 Å². The lowest BCUT2D eigenvalue weighted by atomic mass is 9.95. The molecule has 1 heterocycles. The van der Waals surface area contributed by atoms with E-state index in [1.807, 2.05) is 30.3 Å². The summed E-state index contributed by atoms with van der Waals surface area (Å²) in [6.07, 6.45) is 0. The fourth-order valence-electron chi connectivity index (χ4n) is 3.63. The van der Waals surface area contributed by atoms with E-state index >= 15 is 0 Å². The third-order valence-corrected chi connectivity index (χ3v) is 5.15. The van der Waals surface area contributed by atoms with Crippen molar-refractivity contribution in [3.05, 3.63) is 105 Å². The van der Waals surface area contributed by atoms with Crippen molar-refractivity contribution in [3.63, 3.8) is 0 Å². The number of hydrogen-bond acceptors (Lipinski definition) is 4. The highest BCUT2D eigenvalue weighted by Crippen LogP contribution is 2.38. The molecule has 0 bridgehead atoms. The van der Waals surface area contributed by atoms with Gasteiger partial charge in [0.2, 0.25) is 5.91 Å². The van der Waals surface area contributed by atoms with Crippen molar-refractivity contribution in [2.75, 3.05) is 11.9 Å². The van der Waals surface area contributed by atoms with Crippen LogP contribution in [0.15, 0.2) is 72.8 Å². The number of nitro groups is 1. The summed E-state index contributed by atoms with van der Waals surface area (Å²) >= 11 is 6.22. The molecular weight excluding hydrogens is 406 g/mol. The Labute approximate surface area is 177 Å². The third kappa shape index (κ3) is 3.62. The lowest BCUT2D eigenvalue weighted by Gasteiger charge is -2.30. The second-order valence-corrected chi connectivity index (χ2v) is 7.24. The molecule has 1 unspecified atom stereocenters. The van der Waals surface area contributed by atoms with Gasteiger partial charge in [-0.25, -0.2) is 0 Å². The summed E-state index contributed by atoms with van der Waals surface area (Å²) < 4.78 is 0. The number of carbonyl (C=O) groups is 2. The number of halogens is 1. The smallest absolute Gasteiger partial charge is 0.282 e. The van der Waals surface area contributed by atoms with Crippen LogP contribution in [0, 0.1) is 10.1 Å². The number of nitro benzene ring substituents is 1. The van der Waals surface area contributed by atoms with Gasteiger partial charge in [0, 0.05) is 22.3 Å². The maximum Gasteiger partial charge on any atom is 0.282 e. The van der Waals surface area contributed by atoms with E-state index in [0.29, 0.717) is 16.3 Å². The minimum absolute atomic E-state index is 0.0818. The van der Waals surface area contributed by atoms with Gasteiger partial charge >= 0.3 is 0 Å². The number of nitrogens with one attached hydrogen (secondary N) is 1. The fourth-order valence-corrected chi connectivity index (χ4v) is 3.81. The Hall–Kier alpha value is -3.71. The van der Waals surface area contributed by atoms with Crippen LogP contribution in [-0.4, -0.2) is 28.2 Å². The van der Waals surface area contributed by atoms with Gasteiger partial charge in [0.25, 0.3) is 11.6 Å². The van der Waals surface area contributed by atoms with E-state index in [2.05, 4.69) is 5.32 Å². The van der Waals surface area contributed by atoms with E-state index < -0.39 is 22.8 Å². The van der Waals surface area contributed by atoms with Gasteiger partial charge in [0.1, 0.15) is 12.1 Å². The van der Waals surface area contributed by atoms with E-state index in [1.165, 1.54) is 23.1 Å². The zero-order chi connectivity index (χ0) is 21.3. The first-order chi connectivity index (χ1) is 14.5. The summed E-state index contributed by atoms with van der Waals surface area (Å²) in [5, 5.41) is 14.7. The van der Waals surface area contributed by atoms with Gasteiger partial charge in [-0.1, -0.05) is 54.1 Å². The molecule has 30 heavy (non-hydrogen) atoms. The van der Waals surface area contributed by atoms with Crippen LogP contribution >= 0.6 is 11.6 Å². The number of amides is 2. The van der Waals surface area contributed by atoms with Crippen LogP contribution in [0.4, 0.5) is 11.4 Å². The molecular formula is C22H16ClN3O4. The Bertz CT molecular complexity index is 1150. The predicted molar refractivity (Wildman–Crippen MR) is 112 cm³/mol. The van der Waals surface area contributed by atoms with E-state index in [-0.39, 0.29) is 17.8 Å². The van der Waals surface area contributed by atoms with Gasteiger partial charge in [-0.05, 0) is 29.8 Å². The highest BCUT2D eigenvalue weighted by Gasteiger charge is 2.36. The third-order valence-electron chi connectivity index (χ3n) is 4.92. The number of nitrogens with zero attached hydrogens (tertiary/aromatic N) is 2. The van der Waals surface area contributed by atoms with Crippen molar-refractivity contribution in [3.8, 4) is 0 Å². The fraction of sp³-hybridized carbons (Fsp3) is 0.0909. The Morgan fingerprint density at radius 3 is 2.50 bits per heavy atom. The molecule has 0 aromatic heterocycles. The first-order valence-corrected chi connectivity index (χ1v) is 9.52. The Morgan fingerprint density at radius 1 is 1.07 bits per heavy atom. The summed E-state index contributed by atoms with van der Waals surface area (Å²) in [7, 11) is 0. The molecule has 3 aromatic rings. The van der Waals surface area contributed by atoms with Gasteiger partial charge in [-0.2, -0.15) is 0 Å². The average Bonchev–Trinajstić information content (AvgIpc) is 2.89. The topological polar surface area (TPSA) is 92.5 Å². The van der Waals surface area contributed by atoms with Crippen LogP contribution < -0.4 is 5.32 Å². The molecule has 1 N–H and O–H groups in total. The van der Waals surface area contributed by atoms with Gasteiger partial charge in [-0.15, -0.1) is 0 Å². The van der Waals surface area contributed by atoms with Crippen LogP contribution in [-0.2, 0) is 4.79 Å².